The standard InChI is InChI=1S/3C19H20N6O2.C10H9N3O2.C9H13N3O/c3*1-25-15-8-7-14(16(26)10-13(15)11-20-25)21-19(27)18-22-17(23-24-18)9-12-5-3-2-4-6-12;14-10(15)9-11-8(12-13-9)6-7-4-2-1-3-5-7;1-12-8-3-2-7(10)9(13)4-6(8)5-11-12/h3*2-6,11,14H,7-10H2,1H3,(H,21,27)(H,22,23,24);1-5H,6H2,(H,14,15)(H,11,12,13);5,7H,2-4,10H2,1H3/t2*14-;;;/m10.../s1. The highest BCUT2D eigenvalue weighted by Crippen LogP contribution is 2.23. The van der Waals surface area contributed by atoms with Gasteiger partial charge in [-0.25, -0.2) is 24.7 Å². The second-order valence-corrected chi connectivity index (χ2v) is 26.7. The Labute approximate surface area is 624 Å². The maximum Gasteiger partial charge on any atom is 0.375 e. The maximum atomic E-state index is 12.5. The summed E-state index contributed by atoms with van der Waals surface area (Å²) < 4.78 is 7.20. The van der Waals surface area contributed by atoms with Gasteiger partial charge in [-0.3, -0.25) is 72.7 Å². The van der Waals surface area contributed by atoms with Crippen LogP contribution in [0.25, 0.3) is 0 Å². The summed E-state index contributed by atoms with van der Waals surface area (Å²) in [4.78, 5) is 114. The Morgan fingerprint density at radius 1 is 0.385 bits per heavy atom. The molecule has 3 amide bonds. The van der Waals surface area contributed by atoms with Crippen molar-refractivity contribution >= 4 is 46.8 Å². The Morgan fingerprint density at radius 2 is 0.633 bits per heavy atom. The average Bonchev–Trinajstić information content (AvgIpc) is 1.69. The normalized spacial score (nSPS) is 16.4. The second kappa shape index (κ2) is 35.3. The largest absolute Gasteiger partial charge is 0.475 e. The molecule has 16 rings (SSSR count). The van der Waals surface area contributed by atoms with Gasteiger partial charge >= 0.3 is 5.97 Å². The number of carboxylic acid groups (broad SMARTS) is 1. The predicted molar refractivity (Wildman–Crippen MR) is 392 cm³/mol. The van der Waals surface area contributed by atoms with E-state index in [9.17, 15) is 38.4 Å². The molecule has 0 bridgehead atoms. The van der Waals surface area contributed by atoms with Gasteiger partial charge in [-0.2, -0.15) is 20.4 Å². The number of benzene rings is 4. The molecule has 10 N–H and O–H groups in total. The van der Waals surface area contributed by atoms with Gasteiger partial charge in [0.1, 0.15) is 23.3 Å². The first kappa shape index (κ1) is 75.5. The van der Waals surface area contributed by atoms with Gasteiger partial charge in [0, 0.05) is 125 Å². The van der Waals surface area contributed by atoms with Crippen LogP contribution in [0.1, 0.15) is 159 Å². The minimum absolute atomic E-state index is 0.0184. The molecule has 0 saturated heterocycles. The number of rotatable bonds is 15. The van der Waals surface area contributed by atoms with E-state index in [1.165, 1.54) is 0 Å². The first-order valence-corrected chi connectivity index (χ1v) is 35.6. The number of carboxylic acids is 1. The summed E-state index contributed by atoms with van der Waals surface area (Å²) in [6, 6.07) is 37.2. The number of aromatic carboxylic acids is 1. The van der Waals surface area contributed by atoms with E-state index in [1.54, 1.807) is 38.8 Å². The van der Waals surface area contributed by atoms with Gasteiger partial charge < -0.3 is 26.8 Å². The number of fused-ring (bicyclic) bond motifs is 4. The summed E-state index contributed by atoms with van der Waals surface area (Å²) in [5.41, 5.74) is 18.1. The third-order valence-electron chi connectivity index (χ3n) is 19.0. The minimum atomic E-state index is -1.12. The lowest BCUT2D eigenvalue weighted by molar-refractivity contribution is -0.121. The van der Waals surface area contributed by atoms with Crippen molar-refractivity contribution in [3.05, 3.63) is 260 Å². The molecule has 33 nitrogen and oxygen atoms in total. The SMILES string of the molecule is Cn1ncc2c1CCC(N)C(=O)C2.Cn1ncc2c1CCC(NC(=O)c1n[nH]c(Cc3ccccc3)n1)C(=O)C2.Cn1ncc2c1CC[C@@H](NC(=O)c1n[nH]c(Cc3ccccc3)n1)C(=O)C2.Cn1ncc2c1CC[C@H](NC(=O)c1n[nH]c(Cc3ccccc3)n1)C(=O)C2.O=C(O)c1n[nH]c(Cc2ccccc2)n1. The van der Waals surface area contributed by atoms with E-state index in [1.807, 2.05) is 154 Å². The first-order valence-electron chi connectivity index (χ1n) is 35.6. The number of aromatic nitrogens is 20. The van der Waals surface area contributed by atoms with Gasteiger partial charge in [0.25, 0.3) is 23.5 Å². The van der Waals surface area contributed by atoms with E-state index in [4.69, 9.17) is 10.8 Å². The summed E-state index contributed by atoms with van der Waals surface area (Å²) >= 11 is 0. The molecular formula is C76H82N24O9. The number of hydrogen-bond acceptors (Lipinski definition) is 21. The quantitative estimate of drug-likeness (QED) is 0.0658. The summed E-state index contributed by atoms with van der Waals surface area (Å²) in [5, 5.41) is 60.2. The molecule has 560 valence electrons. The number of carbonyl (C=O) groups is 8. The van der Waals surface area contributed by atoms with Crippen molar-refractivity contribution in [2.24, 2.45) is 33.9 Å². The smallest absolute Gasteiger partial charge is 0.375 e. The van der Waals surface area contributed by atoms with Gasteiger partial charge in [-0.1, -0.05) is 121 Å². The lowest BCUT2D eigenvalue weighted by Gasteiger charge is -2.13. The molecule has 0 radical (unpaired) electrons. The monoisotopic (exact) mass is 1470 g/mol. The molecule has 0 aliphatic heterocycles. The van der Waals surface area contributed by atoms with Crippen LogP contribution in [0.3, 0.4) is 0 Å². The van der Waals surface area contributed by atoms with Crippen molar-refractivity contribution < 1.29 is 43.5 Å². The molecule has 109 heavy (non-hydrogen) atoms. The zero-order chi connectivity index (χ0) is 76.5. The van der Waals surface area contributed by atoms with Gasteiger partial charge in [0.15, 0.2) is 23.1 Å². The molecular weight excluding hydrogens is 1390 g/mol. The van der Waals surface area contributed by atoms with Crippen LogP contribution in [0.15, 0.2) is 146 Å². The minimum Gasteiger partial charge on any atom is -0.475 e. The van der Waals surface area contributed by atoms with Crippen molar-refractivity contribution in [3.8, 4) is 0 Å². The van der Waals surface area contributed by atoms with Crippen molar-refractivity contribution in [2.75, 3.05) is 0 Å². The summed E-state index contributed by atoms with van der Waals surface area (Å²) in [6.45, 7) is 0. The fourth-order valence-corrected chi connectivity index (χ4v) is 13.1. The second-order valence-electron chi connectivity index (χ2n) is 26.7. The fourth-order valence-electron chi connectivity index (χ4n) is 13.1. The van der Waals surface area contributed by atoms with Crippen molar-refractivity contribution in [1.82, 2.24) is 116 Å². The predicted octanol–water partition coefficient (Wildman–Crippen LogP) is 3.86. The van der Waals surface area contributed by atoms with E-state index >= 15 is 0 Å². The number of hydrogen-bond donors (Lipinski definition) is 9. The number of amides is 3. The van der Waals surface area contributed by atoms with Gasteiger partial charge in [-0.15, -0.1) is 20.4 Å². The lowest BCUT2D eigenvalue weighted by Crippen LogP contribution is -2.41. The van der Waals surface area contributed by atoms with Crippen LogP contribution in [-0.4, -0.2) is 176 Å². The van der Waals surface area contributed by atoms with Gasteiger partial charge in [-0.05, 0) is 73.6 Å². The third kappa shape index (κ3) is 19.9. The molecule has 33 heteroatoms. The Hall–Kier alpha value is -13.2. The zero-order valence-corrected chi connectivity index (χ0v) is 60.4. The van der Waals surface area contributed by atoms with Crippen LogP contribution in [0, 0.1) is 0 Å². The highest BCUT2D eigenvalue weighted by Gasteiger charge is 2.32. The summed E-state index contributed by atoms with van der Waals surface area (Å²) in [6.07, 6.45) is 15.8. The molecule has 4 aliphatic carbocycles. The van der Waals surface area contributed by atoms with E-state index in [2.05, 4.69) is 97.1 Å². The molecule has 2 unspecified atom stereocenters. The number of carbonyl (C=O) groups excluding carboxylic acids is 7. The molecule has 4 aliphatic rings. The Bertz CT molecular complexity index is 4780. The van der Waals surface area contributed by atoms with Gasteiger partial charge in [0.05, 0.1) is 49.0 Å². The average molecular weight is 1480 g/mol. The third-order valence-corrected chi connectivity index (χ3v) is 19.0. The molecule has 4 aromatic carbocycles. The number of ketones is 4. The maximum absolute atomic E-state index is 12.5. The van der Waals surface area contributed by atoms with Crippen molar-refractivity contribution in [2.45, 2.75) is 127 Å². The number of H-pyrrole nitrogens is 4. The first-order chi connectivity index (χ1) is 52.7. The summed E-state index contributed by atoms with van der Waals surface area (Å²) in [5.74, 6) is -0.0104. The number of aryl methyl sites for hydroxylation is 4. The highest BCUT2D eigenvalue weighted by atomic mass is 16.4. The van der Waals surface area contributed by atoms with E-state index < -0.39 is 41.8 Å². The van der Waals surface area contributed by atoms with E-state index in [0.717, 1.165) is 80.1 Å². The van der Waals surface area contributed by atoms with Crippen LogP contribution in [-0.2, 0) is 124 Å². The zero-order valence-electron chi connectivity index (χ0n) is 60.4. The molecule has 4 atom stereocenters. The number of nitrogens with zero attached hydrogens (tertiary/aromatic N) is 16. The highest BCUT2D eigenvalue weighted by molar-refractivity contribution is 5.98. The molecule has 0 saturated carbocycles. The molecule has 8 heterocycles. The topological polar surface area (TPSA) is 456 Å². The van der Waals surface area contributed by atoms with Crippen LogP contribution >= 0.6 is 0 Å². The van der Waals surface area contributed by atoms with E-state index in [-0.39, 0.29) is 71.7 Å². The molecule has 0 fully saturated rings. The van der Waals surface area contributed by atoms with Crippen LogP contribution in [0.4, 0.5) is 0 Å². The van der Waals surface area contributed by atoms with Crippen LogP contribution < -0.4 is 21.7 Å². The van der Waals surface area contributed by atoms with Crippen molar-refractivity contribution in [3.63, 3.8) is 0 Å². The molecule has 0 spiro atoms. The molecule has 8 aromatic heterocycles. The van der Waals surface area contributed by atoms with Crippen LogP contribution in [0.5, 0.6) is 0 Å². The van der Waals surface area contributed by atoms with Crippen molar-refractivity contribution in [1.29, 1.82) is 0 Å². The Kier molecular flexibility index (Phi) is 24.4. The van der Waals surface area contributed by atoms with Crippen LogP contribution in [0.2, 0.25) is 0 Å². The number of nitrogens with two attached hydrogens (primary N) is 1. The number of nitrogens with one attached hydrogen (secondary N) is 7. The Morgan fingerprint density at radius 3 is 0.899 bits per heavy atom. The fraction of sp³-hybridized carbons (Fsp3) is 0.316. The number of Topliss-reactive ketones (excluding diaryl/α,β-unsaturated/α-hetero) is 4. The Balaban J connectivity index is 0.000000130. The summed E-state index contributed by atoms with van der Waals surface area (Å²) in [7, 11) is 7.50. The lowest BCUT2D eigenvalue weighted by atomic mass is 10.1. The van der Waals surface area contributed by atoms with E-state index in [0.29, 0.717) is 93.9 Å². The van der Waals surface area contributed by atoms with Gasteiger partial charge in [0.2, 0.25) is 17.5 Å². The number of aromatic amines is 4. The molecule has 12 aromatic rings.